The van der Waals surface area contributed by atoms with Crippen LogP contribution in [0.4, 0.5) is 11.4 Å². The van der Waals surface area contributed by atoms with Gasteiger partial charge in [-0.2, -0.15) is 4.31 Å². The van der Waals surface area contributed by atoms with E-state index in [9.17, 15) is 18.5 Å². The van der Waals surface area contributed by atoms with Crippen LogP contribution in [0.15, 0.2) is 71.6 Å². The van der Waals surface area contributed by atoms with E-state index in [0.29, 0.717) is 10.9 Å². The van der Waals surface area contributed by atoms with Crippen molar-refractivity contribution in [2.45, 2.75) is 18.7 Å². The van der Waals surface area contributed by atoms with Gasteiger partial charge in [0, 0.05) is 11.4 Å². The molecule has 0 radical (unpaired) electrons. The fourth-order valence-electron chi connectivity index (χ4n) is 3.86. The van der Waals surface area contributed by atoms with Crippen LogP contribution in [0.25, 0.3) is 10.9 Å². The molecule has 0 atom stereocenters. The van der Waals surface area contributed by atoms with Crippen molar-refractivity contribution in [1.29, 1.82) is 0 Å². The number of nitro benzene ring substituents is 1. The highest BCUT2D eigenvalue weighted by atomic mass is 32.2. The van der Waals surface area contributed by atoms with Gasteiger partial charge in [-0.25, -0.2) is 13.4 Å². The molecule has 39 heavy (non-hydrogen) atoms. The Labute approximate surface area is 226 Å². The monoisotopic (exact) mass is 541 g/mol. The summed E-state index contributed by atoms with van der Waals surface area (Å²) in [7, 11) is -1.44. The van der Waals surface area contributed by atoms with E-state index in [4.69, 9.17) is 9.47 Å². The number of aryl methyl sites for hydroxylation is 1. The average Bonchev–Trinajstić information content (AvgIpc) is 2.93. The second-order valence-corrected chi connectivity index (χ2v) is 9.98. The first kappa shape index (κ1) is 27.0. The Bertz CT molecular complexity index is 1810. The summed E-state index contributed by atoms with van der Waals surface area (Å²) in [6, 6.07) is 20.4. The van der Waals surface area contributed by atoms with Crippen molar-refractivity contribution in [3.8, 4) is 35.3 Å². The summed E-state index contributed by atoms with van der Waals surface area (Å²) in [6.07, 6.45) is 0. The lowest BCUT2D eigenvalue weighted by molar-refractivity contribution is -0.385. The molecule has 1 aromatic heterocycles. The highest BCUT2D eigenvalue weighted by Gasteiger charge is 2.26. The molecular weight excluding hydrogens is 518 g/mol. The van der Waals surface area contributed by atoms with Gasteiger partial charge in [0.05, 0.1) is 41.4 Å². The third-order valence-corrected chi connectivity index (χ3v) is 7.36. The number of ether oxygens (including phenoxy) is 2. The van der Waals surface area contributed by atoms with Gasteiger partial charge in [-0.15, -0.1) is 5.92 Å². The number of nitro groups is 1. The molecule has 0 spiro atoms. The van der Waals surface area contributed by atoms with Crippen LogP contribution in [0, 0.1) is 40.8 Å². The number of methoxy groups -OCH3 is 2. The van der Waals surface area contributed by atoms with Crippen LogP contribution in [0.3, 0.4) is 0 Å². The number of benzene rings is 3. The van der Waals surface area contributed by atoms with Crippen LogP contribution in [0.1, 0.15) is 23.7 Å². The number of rotatable bonds is 6. The van der Waals surface area contributed by atoms with Crippen molar-refractivity contribution in [3.05, 3.63) is 93.7 Å². The van der Waals surface area contributed by atoms with Crippen LogP contribution < -0.4 is 13.8 Å². The van der Waals surface area contributed by atoms with Gasteiger partial charge in [-0.3, -0.25) is 10.1 Å². The van der Waals surface area contributed by atoms with Crippen molar-refractivity contribution < 1.29 is 22.8 Å². The smallest absolute Gasteiger partial charge is 0.316 e. The van der Waals surface area contributed by atoms with E-state index in [1.165, 1.54) is 32.4 Å². The predicted molar refractivity (Wildman–Crippen MR) is 148 cm³/mol. The number of hydrogen-bond donors (Lipinski definition) is 0. The highest BCUT2D eigenvalue weighted by molar-refractivity contribution is 7.93. The Hall–Kier alpha value is -5.06. The fourth-order valence-corrected chi connectivity index (χ4v) is 5.13. The molecule has 196 valence electrons. The lowest BCUT2D eigenvalue weighted by atomic mass is 10.1. The number of pyridine rings is 1. The van der Waals surface area contributed by atoms with Gasteiger partial charge < -0.3 is 9.47 Å². The van der Waals surface area contributed by atoms with Crippen molar-refractivity contribution in [2.75, 3.05) is 18.5 Å². The fraction of sp³-hybridized carbons (Fsp3) is 0.138. The highest BCUT2D eigenvalue weighted by Crippen LogP contribution is 2.40. The molecule has 3 aromatic carbocycles. The lowest BCUT2D eigenvalue weighted by Crippen LogP contribution is -2.27. The molecule has 0 aliphatic rings. The topological polar surface area (TPSA) is 112 Å². The minimum Gasteiger partial charge on any atom is -0.496 e. The van der Waals surface area contributed by atoms with Gasteiger partial charge in [0.1, 0.15) is 17.0 Å². The van der Waals surface area contributed by atoms with E-state index in [1.54, 1.807) is 55.5 Å². The quantitative estimate of drug-likeness (QED) is 0.145. The number of anilines is 1. The first-order valence-corrected chi connectivity index (χ1v) is 13.0. The zero-order chi connectivity index (χ0) is 28.2. The first-order valence-electron chi connectivity index (χ1n) is 11.6. The Kier molecular flexibility index (Phi) is 7.70. The van der Waals surface area contributed by atoms with E-state index >= 15 is 0 Å². The molecule has 0 amide bonds. The van der Waals surface area contributed by atoms with E-state index in [2.05, 4.69) is 28.8 Å². The largest absolute Gasteiger partial charge is 0.496 e. The number of aromatic nitrogens is 1. The van der Waals surface area contributed by atoms with Gasteiger partial charge in [-0.05, 0) is 56.2 Å². The summed E-state index contributed by atoms with van der Waals surface area (Å²) in [5.74, 6) is 8.69. The molecule has 4 rings (SSSR count). The van der Waals surface area contributed by atoms with Crippen molar-refractivity contribution >= 4 is 32.3 Å². The SMILES string of the molecule is CC#Cc1ccccc1N(C#Cc1ccc2c(OC)cc([N+](=O)[O-])c(OC)c2n1)S(=O)(=O)c1ccc(C)cc1. The summed E-state index contributed by atoms with van der Waals surface area (Å²) in [4.78, 5) is 15.5. The number of fused-ring (bicyclic) bond motifs is 1. The van der Waals surface area contributed by atoms with Crippen molar-refractivity contribution in [2.24, 2.45) is 0 Å². The minimum absolute atomic E-state index is 0.0511. The molecule has 4 aromatic rings. The Morgan fingerprint density at radius 1 is 0.974 bits per heavy atom. The molecule has 0 bridgehead atoms. The standard InChI is InChI=1S/C29H23N3O6S/c1-5-8-21-9-6-7-10-25(21)31(39(35,36)23-14-11-20(2)12-15-23)18-17-22-13-16-24-27(37-3)19-26(32(33)34)29(38-4)28(24)30-22/h6-7,9-16,19H,1-4H3. The summed E-state index contributed by atoms with van der Waals surface area (Å²) in [6.45, 7) is 3.51. The van der Waals surface area contributed by atoms with E-state index < -0.39 is 14.9 Å². The zero-order valence-electron chi connectivity index (χ0n) is 21.6. The predicted octanol–water partition coefficient (Wildman–Crippen LogP) is 5.04. The molecule has 0 aliphatic heterocycles. The second kappa shape index (κ2) is 11.1. The van der Waals surface area contributed by atoms with Crippen LogP contribution >= 0.6 is 0 Å². The van der Waals surface area contributed by atoms with Gasteiger partial charge in [-0.1, -0.05) is 35.7 Å². The van der Waals surface area contributed by atoms with Crippen LogP contribution in [0.2, 0.25) is 0 Å². The third-order valence-electron chi connectivity index (χ3n) is 5.72. The number of para-hydroxylation sites is 1. The molecule has 0 fully saturated rings. The maximum absolute atomic E-state index is 13.8. The molecule has 0 saturated heterocycles. The molecular formula is C29H23N3O6S. The lowest BCUT2D eigenvalue weighted by Gasteiger charge is -2.19. The van der Waals surface area contributed by atoms with Crippen molar-refractivity contribution in [3.63, 3.8) is 0 Å². The number of nitrogens with zero attached hydrogens (tertiary/aromatic N) is 3. The average molecular weight is 542 g/mol. The molecule has 9 nitrogen and oxygen atoms in total. The van der Waals surface area contributed by atoms with Gasteiger partial charge in [0.2, 0.25) is 5.75 Å². The van der Waals surface area contributed by atoms with E-state index in [-0.39, 0.29) is 39.0 Å². The summed E-state index contributed by atoms with van der Waals surface area (Å²) >= 11 is 0. The molecule has 10 heteroatoms. The molecule has 0 unspecified atom stereocenters. The Balaban J connectivity index is 1.94. The van der Waals surface area contributed by atoms with Crippen LogP contribution in [-0.2, 0) is 10.0 Å². The number of hydrogen-bond acceptors (Lipinski definition) is 7. The normalized spacial score (nSPS) is 10.6. The van der Waals surface area contributed by atoms with Crippen molar-refractivity contribution in [1.82, 2.24) is 4.98 Å². The molecule has 0 saturated carbocycles. The summed E-state index contributed by atoms with van der Waals surface area (Å²) in [5.41, 5.74) is 1.64. The summed E-state index contributed by atoms with van der Waals surface area (Å²) < 4.78 is 39.1. The molecule has 0 N–H and O–H groups in total. The molecule has 1 heterocycles. The van der Waals surface area contributed by atoms with Crippen LogP contribution in [0.5, 0.6) is 11.5 Å². The summed E-state index contributed by atoms with van der Waals surface area (Å²) in [5, 5.41) is 12.1. The van der Waals surface area contributed by atoms with Gasteiger partial charge in [0.15, 0.2) is 0 Å². The maximum atomic E-state index is 13.8. The number of sulfonamides is 1. The third kappa shape index (κ3) is 5.33. The second-order valence-electron chi connectivity index (χ2n) is 8.19. The maximum Gasteiger partial charge on any atom is 0.316 e. The van der Waals surface area contributed by atoms with Gasteiger partial charge >= 0.3 is 5.69 Å². The molecule has 0 aliphatic carbocycles. The van der Waals surface area contributed by atoms with E-state index in [1.807, 2.05) is 6.92 Å². The minimum atomic E-state index is -4.14. The first-order chi connectivity index (χ1) is 18.7. The zero-order valence-corrected chi connectivity index (χ0v) is 22.4. The van der Waals surface area contributed by atoms with Gasteiger partial charge in [0.25, 0.3) is 10.0 Å². The van der Waals surface area contributed by atoms with Crippen LogP contribution in [-0.4, -0.2) is 32.5 Å². The Morgan fingerprint density at radius 2 is 1.69 bits per heavy atom. The van der Waals surface area contributed by atoms with E-state index in [0.717, 1.165) is 9.87 Å². The Morgan fingerprint density at radius 3 is 2.33 bits per heavy atom.